The molecule has 0 radical (unpaired) electrons. The third kappa shape index (κ3) is 2.41. The topological polar surface area (TPSA) is 35.2 Å². The minimum absolute atomic E-state index is 0.151. The Hall–Kier alpha value is -1.18. The van der Waals surface area contributed by atoms with Crippen molar-refractivity contribution in [2.45, 2.75) is 39.7 Å². The maximum atomic E-state index is 5.92. The Labute approximate surface area is 86.1 Å². The monoisotopic (exact) mass is 193 g/mol. The molecule has 0 unspecified atom stereocenters. The molecule has 2 N–H and O–H groups in total. The number of benzene rings is 1. The molecule has 0 amide bonds. The number of nitrogen functional groups attached to an aromatic ring is 1. The SMILES string of the molecule is CCC(C)(C)Oc1cccc(C)c1N. The van der Waals surface area contributed by atoms with Crippen LogP contribution in [0.4, 0.5) is 5.69 Å². The van der Waals surface area contributed by atoms with E-state index >= 15 is 0 Å². The second-order valence-corrected chi connectivity index (χ2v) is 4.20. The van der Waals surface area contributed by atoms with Gasteiger partial charge in [0, 0.05) is 0 Å². The summed E-state index contributed by atoms with van der Waals surface area (Å²) in [5, 5.41) is 0. The van der Waals surface area contributed by atoms with Crippen molar-refractivity contribution in [2.75, 3.05) is 5.73 Å². The Morgan fingerprint density at radius 1 is 1.36 bits per heavy atom. The van der Waals surface area contributed by atoms with Gasteiger partial charge >= 0.3 is 0 Å². The van der Waals surface area contributed by atoms with E-state index in [2.05, 4.69) is 20.8 Å². The molecular weight excluding hydrogens is 174 g/mol. The molecular formula is C12H19NO. The zero-order chi connectivity index (χ0) is 10.8. The van der Waals surface area contributed by atoms with Gasteiger partial charge in [-0.25, -0.2) is 0 Å². The van der Waals surface area contributed by atoms with Crippen LogP contribution < -0.4 is 10.5 Å². The maximum Gasteiger partial charge on any atom is 0.143 e. The van der Waals surface area contributed by atoms with Crippen LogP contribution in [-0.2, 0) is 0 Å². The summed E-state index contributed by atoms with van der Waals surface area (Å²) in [6.07, 6.45) is 0.959. The quantitative estimate of drug-likeness (QED) is 0.748. The first-order valence-electron chi connectivity index (χ1n) is 5.00. The van der Waals surface area contributed by atoms with E-state index in [1.54, 1.807) is 0 Å². The predicted molar refractivity (Wildman–Crippen MR) is 60.6 cm³/mol. The Bertz CT molecular complexity index is 318. The van der Waals surface area contributed by atoms with Gasteiger partial charge < -0.3 is 10.5 Å². The molecule has 2 nitrogen and oxygen atoms in total. The van der Waals surface area contributed by atoms with Crippen molar-refractivity contribution >= 4 is 5.69 Å². The van der Waals surface area contributed by atoms with E-state index in [1.807, 2.05) is 25.1 Å². The Morgan fingerprint density at radius 2 is 2.00 bits per heavy atom. The number of ether oxygens (including phenoxy) is 1. The van der Waals surface area contributed by atoms with Gasteiger partial charge in [-0.05, 0) is 38.8 Å². The number of hydrogen-bond donors (Lipinski definition) is 1. The van der Waals surface area contributed by atoms with Gasteiger partial charge in [0.1, 0.15) is 11.4 Å². The average molecular weight is 193 g/mol. The summed E-state index contributed by atoms with van der Waals surface area (Å²) < 4.78 is 5.84. The van der Waals surface area contributed by atoms with Crippen molar-refractivity contribution in [3.63, 3.8) is 0 Å². The van der Waals surface area contributed by atoms with Crippen LogP contribution in [0.3, 0.4) is 0 Å². The maximum absolute atomic E-state index is 5.92. The van der Waals surface area contributed by atoms with Gasteiger partial charge in [-0.2, -0.15) is 0 Å². The highest BCUT2D eigenvalue weighted by Gasteiger charge is 2.18. The normalized spacial score (nSPS) is 11.4. The molecule has 0 aliphatic carbocycles. The molecule has 1 rings (SSSR count). The smallest absolute Gasteiger partial charge is 0.143 e. The molecule has 0 bridgehead atoms. The summed E-state index contributed by atoms with van der Waals surface area (Å²) in [5.74, 6) is 0.789. The molecule has 0 aliphatic heterocycles. The first-order chi connectivity index (χ1) is 6.46. The molecule has 0 heterocycles. The van der Waals surface area contributed by atoms with E-state index in [4.69, 9.17) is 10.5 Å². The minimum Gasteiger partial charge on any atom is -0.486 e. The molecule has 0 aromatic heterocycles. The number of aryl methyl sites for hydroxylation is 1. The molecule has 0 fully saturated rings. The van der Waals surface area contributed by atoms with Crippen LogP contribution in [0.25, 0.3) is 0 Å². The molecule has 78 valence electrons. The van der Waals surface area contributed by atoms with Crippen LogP contribution in [0, 0.1) is 6.92 Å². The number of anilines is 1. The van der Waals surface area contributed by atoms with E-state index in [9.17, 15) is 0 Å². The van der Waals surface area contributed by atoms with Crippen molar-refractivity contribution in [2.24, 2.45) is 0 Å². The standard InChI is InChI=1S/C12H19NO/c1-5-12(3,4)14-10-8-6-7-9(2)11(10)13/h6-8H,5,13H2,1-4H3. The lowest BCUT2D eigenvalue weighted by atomic mass is 10.1. The van der Waals surface area contributed by atoms with Gasteiger partial charge in [0.05, 0.1) is 5.69 Å². The highest BCUT2D eigenvalue weighted by molar-refractivity contribution is 5.57. The predicted octanol–water partition coefficient (Wildman–Crippen LogP) is 3.14. The molecule has 1 aromatic carbocycles. The number of rotatable bonds is 3. The molecule has 1 aromatic rings. The van der Waals surface area contributed by atoms with Gasteiger partial charge in [0.15, 0.2) is 0 Å². The molecule has 14 heavy (non-hydrogen) atoms. The second-order valence-electron chi connectivity index (χ2n) is 4.20. The first kappa shape index (κ1) is 10.9. The molecule has 0 atom stereocenters. The van der Waals surface area contributed by atoms with E-state index in [1.165, 1.54) is 0 Å². The molecule has 0 saturated heterocycles. The highest BCUT2D eigenvalue weighted by Crippen LogP contribution is 2.28. The third-order valence-electron chi connectivity index (χ3n) is 2.52. The summed E-state index contributed by atoms with van der Waals surface area (Å²) in [6, 6.07) is 5.87. The first-order valence-corrected chi connectivity index (χ1v) is 5.00. The minimum atomic E-state index is -0.151. The Balaban J connectivity index is 2.92. The number of para-hydroxylation sites is 1. The summed E-state index contributed by atoms with van der Waals surface area (Å²) >= 11 is 0. The summed E-state index contributed by atoms with van der Waals surface area (Å²) in [6.45, 7) is 8.22. The molecule has 0 spiro atoms. The fourth-order valence-corrected chi connectivity index (χ4v) is 1.11. The van der Waals surface area contributed by atoms with Gasteiger partial charge in [0.2, 0.25) is 0 Å². The Kier molecular flexibility index (Phi) is 3.04. The number of hydrogen-bond acceptors (Lipinski definition) is 2. The lowest BCUT2D eigenvalue weighted by molar-refractivity contribution is 0.106. The fourth-order valence-electron chi connectivity index (χ4n) is 1.11. The van der Waals surface area contributed by atoms with E-state index in [-0.39, 0.29) is 5.60 Å². The largest absolute Gasteiger partial charge is 0.486 e. The van der Waals surface area contributed by atoms with Gasteiger partial charge in [-0.15, -0.1) is 0 Å². The van der Waals surface area contributed by atoms with Gasteiger partial charge in [-0.3, -0.25) is 0 Å². The third-order valence-corrected chi connectivity index (χ3v) is 2.52. The summed E-state index contributed by atoms with van der Waals surface area (Å²) in [5.41, 5.74) is 7.58. The van der Waals surface area contributed by atoms with Crippen molar-refractivity contribution < 1.29 is 4.74 Å². The fraction of sp³-hybridized carbons (Fsp3) is 0.500. The van der Waals surface area contributed by atoms with Crippen LogP contribution in [0.15, 0.2) is 18.2 Å². The van der Waals surface area contributed by atoms with Crippen LogP contribution >= 0.6 is 0 Å². The zero-order valence-electron chi connectivity index (χ0n) is 9.42. The van der Waals surface area contributed by atoms with Crippen LogP contribution in [0.2, 0.25) is 0 Å². The highest BCUT2D eigenvalue weighted by atomic mass is 16.5. The van der Waals surface area contributed by atoms with Crippen LogP contribution in [0.1, 0.15) is 32.8 Å². The lowest BCUT2D eigenvalue weighted by Crippen LogP contribution is -2.27. The number of nitrogens with two attached hydrogens (primary N) is 1. The van der Waals surface area contributed by atoms with E-state index < -0.39 is 0 Å². The zero-order valence-corrected chi connectivity index (χ0v) is 9.42. The average Bonchev–Trinajstić information content (AvgIpc) is 2.13. The van der Waals surface area contributed by atoms with Crippen molar-refractivity contribution in [3.8, 4) is 5.75 Å². The van der Waals surface area contributed by atoms with Crippen molar-refractivity contribution in [1.29, 1.82) is 0 Å². The van der Waals surface area contributed by atoms with Gasteiger partial charge in [0.25, 0.3) is 0 Å². The van der Waals surface area contributed by atoms with Crippen LogP contribution in [0.5, 0.6) is 5.75 Å². The molecule has 0 saturated carbocycles. The summed E-state index contributed by atoms with van der Waals surface area (Å²) in [4.78, 5) is 0. The van der Waals surface area contributed by atoms with E-state index in [0.29, 0.717) is 0 Å². The second kappa shape index (κ2) is 3.91. The van der Waals surface area contributed by atoms with Gasteiger partial charge in [-0.1, -0.05) is 19.1 Å². The summed E-state index contributed by atoms with van der Waals surface area (Å²) in [7, 11) is 0. The molecule has 0 aliphatic rings. The van der Waals surface area contributed by atoms with Crippen molar-refractivity contribution in [3.05, 3.63) is 23.8 Å². The van der Waals surface area contributed by atoms with Crippen molar-refractivity contribution in [1.82, 2.24) is 0 Å². The molecule has 2 heteroatoms. The lowest BCUT2D eigenvalue weighted by Gasteiger charge is -2.26. The van der Waals surface area contributed by atoms with Crippen LogP contribution in [-0.4, -0.2) is 5.60 Å². The van der Waals surface area contributed by atoms with E-state index in [0.717, 1.165) is 23.4 Å². The Morgan fingerprint density at radius 3 is 2.57 bits per heavy atom.